The molecule has 3 aromatic carbocycles. The highest BCUT2D eigenvalue weighted by molar-refractivity contribution is 9.10. The molecule has 2 atom stereocenters. The van der Waals surface area contributed by atoms with Gasteiger partial charge in [0.25, 0.3) is 5.91 Å². The molecule has 0 aliphatic heterocycles. The Hall–Kier alpha value is -3.76. The number of nitrogens with one attached hydrogen (secondary N) is 2. The average Bonchev–Trinajstić information content (AvgIpc) is 2.83. The fourth-order valence-corrected chi connectivity index (χ4v) is 3.79. The van der Waals surface area contributed by atoms with Crippen LogP contribution in [0.5, 0.6) is 5.75 Å². The van der Waals surface area contributed by atoms with Crippen molar-refractivity contribution >= 4 is 33.5 Å². The van der Waals surface area contributed by atoms with E-state index in [9.17, 15) is 14.7 Å². The van der Waals surface area contributed by atoms with Crippen molar-refractivity contribution in [2.24, 2.45) is 0 Å². The van der Waals surface area contributed by atoms with E-state index in [1.807, 2.05) is 18.1 Å². The van der Waals surface area contributed by atoms with Crippen LogP contribution in [0.3, 0.4) is 0 Å². The van der Waals surface area contributed by atoms with Gasteiger partial charge in [0.05, 0.1) is 18.8 Å². The number of phenolic OH excluding ortho intramolecular Hbond substituents is 1. The Balaban J connectivity index is 2.32. The van der Waals surface area contributed by atoms with E-state index in [2.05, 4.69) is 26.6 Å². The van der Waals surface area contributed by atoms with Crippen LogP contribution in [-0.4, -0.2) is 24.1 Å². The van der Waals surface area contributed by atoms with E-state index in [4.69, 9.17) is 11.2 Å². The molecule has 0 aliphatic rings. The van der Waals surface area contributed by atoms with Crippen molar-refractivity contribution in [3.8, 4) is 18.1 Å². The minimum Gasteiger partial charge on any atom is -0.506 e. The molecule has 32 heavy (non-hydrogen) atoms. The molecule has 0 saturated carbocycles. The summed E-state index contributed by atoms with van der Waals surface area (Å²) in [6, 6.07) is 21.6. The quantitative estimate of drug-likeness (QED) is 0.262. The largest absolute Gasteiger partial charge is 0.506 e. The Kier molecular flexibility index (Phi) is 7.18. The number of hydrogen-bond donors (Lipinski definition) is 3. The zero-order valence-electron chi connectivity index (χ0n) is 17.2. The molecule has 0 unspecified atom stereocenters. The maximum atomic E-state index is 13.4. The third-order valence-electron chi connectivity index (χ3n) is 5.02. The minimum atomic E-state index is -1.75. The molecule has 0 heterocycles. The summed E-state index contributed by atoms with van der Waals surface area (Å²) in [5.41, 5.74) is -0.302. The van der Waals surface area contributed by atoms with Crippen LogP contribution in [0.25, 0.3) is 0 Å². The third kappa shape index (κ3) is 4.61. The van der Waals surface area contributed by atoms with Crippen LogP contribution < -0.4 is 10.6 Å². The number of rotatable bonds is 7. The van der Waals surface area contributed by atoms with Gasteiger partial charge in [-0.2, -0.15) is 0 Å². The predicted octanol–water partition coefficient (Wildman–Crippen LogP) is 4.13. The second kappa shape index (κ2) is 10.0. The fraction of sp³-hybridized carbons (Fsp3) is 0.120. The molecule has 0 fully saturated rings. The molecule has 0 radical (unpaired) electrons. The van der Waals surface area contributed by atoms with Crippen LogP contribution in [0.2, 0.25) is 0 Å². The molecule has 0 aliphatic carbocycles. The number of methoxy groups -OCH3 is 1. The van der Waals surface area contributed by atoms with E-state index >= 15 is 0 Å². The molecule has 3 rings (SSSR count). The first-order valence-corrected chi connectivity index (χ1v) is 10.4. The molecule has 0 bridgehead atoms. The van der Waals surface area contributed by atoms with Gasteiger partial charge in [0.2, 0.25) is 0 Å². The summed E-state index contributed by atoms with van der Waals surface area (Å²) < 4.78 is 6.01. The number of ether oxygens (including phenoxy) is 1. The van der Waals surface area contributed by atoms with Crippen molar-refractivity contribution in [2.75, 3.05) is 12.4 Å². The molecular weight excluding hydrogens is 472 g/mol. The van der Waals surface area contributed by atoms with E-state index in [0.29, 0.717) is 16.8 Å². The van der Waals surface area contributed by atoms with Crippen LogP contribution in [0.15, 0.2) is 83.3 Å². The van der Waals surface area contributed by atoms with Gasteiger partial charge < -0.3 is 20.5 Å². The van der Waals surface area contributed by atoms with E-state index in [1.165, 1.54) is 13.2 Å². The number of esters is 1. The number of anilines is 1. The van der Waals surface area contributed by atoms with Crippen LogP contribution >= 0.6 is 15.9 Å². The Morgan fingerprint density at radius 1 is 1.03 bits per heavy atom. The maximum absolute atomic E-state index is 13.4. The average molecular weight is 493 g/mol. The maximum Gasteiger partial charge on any atom is 0.338 e. The van der Waals surface area contributed by atoms with Gasteiger partial charge in [0, 0.05) is 4.47 Å². The topological polar surface area (TPSA) is 87.7 Å². The second-order valence-corrected chi connectivity index (χ2v) is 7.83. The predicted molar refractivity (Wildman–Crippen MR) is 126 cm³/mol. The fourth-order valence-electron chi connectivity index (χ4n) is 3.52. The van der Waals surface area contributed by atoms with Gasteiger partial charge in [-0.25, -0.2) is 4.79 Å². The number of carbonyl (C=O) groups excluding carboxylic acids is 2. The lowest BCUT2D eigenvalue weighted by molar-refractivity contribution is -0.152. The molecule has 0 spiro atoms. The number of aromatic hydroxyl groups is 1. The van der Waals surface area contributed by atoms with Gasteiger partial charge >= 0.3 is 5.97 Å². The van der Waals surface area contributed by atoms with Crippen molar-refractivity contribution in [2.45, 2.75) is 11.6 Å². The highest BCUT2D eigenvalue weighted by Gasteiger charge is 2.51. The van der Waals surface area contributed by atoms with Gasteiger partial charge in [-0.05, 0) is 41.3 Å². The lowest BCUT2D eigenvalue weighted by Gasteiger charge is -2.40. The van der Waals surface area contributed by atoms with Crippen LogP contribution in [-0.2, 0) is 19.9 Å². The molecule has 6 nitrogen and oxygen atoms in total. The van der Waals surface area contributed by atoms with E-state index in [-0.39, 0.29) is 5.75 Å². The van der Waals surface area contributed by atoms with Gasteiger partial charge in [-0.3, -0.25) is 4.79 Å². The van der Waals surface area contributed by atoms with E-state index < -0.39 is 23.5 Å². The summed E-state index contributed by atoms with van der Waals surface area (Å²) in [5.74, 6) is 0.469. The Morgan fingerprint density at radius 3 is 2.25 bits per heavy atom. The molecule has 3 N–H and O–H groups in total. The van der Waals surface area contributed by atoms with E-state index in [0.717, 1.165) is 4.47 Å². The number of hydrogen-bond acceptors (Lipinski definition) is 5. The summed E-state index contributed by atoms with van der Waals surface area (Å²) in [6.07, 6.45) is 5.35. The van der Waals surface area contributed by atoms with Crippen molar-refractivity contribution in [3.05, 3.63) is 94.5 Å². The Labute approximate surface area is 194 Å². The molecule has 0 aromatic heterocycles. The normalized spacial score (nSPS) is 13.2. The standard InChI is InChI=1S/C25H21BrN2O4/c1-3-22(30)28-25(24(31)32-2,18-9-5-4-6-10-18)23(17-13-15-19(26)16-14-17)27-20-11-7-8-12-21(20)29/h1,4-16,23,27,29H,2H3,(H,28,30)/t23-,25-/m0/s1. The van der Waals surface area contributed by atoms with Crippen molar-refractivity contribution in [1.82, 2.24) is 5.32 Å². The highest BCUT2D eigenvalue weighted by Crippen LogP contribution is 2.41. The van der Waals surface area contributed by atoms with Crippen molar-refractivity contribution in [1.29, 1.82) is 0 Å². The molecule has 3 aromatic rings. The zero-order chi connectivity index (χ0) is 23.1. The molecular formula is C25H21BrN2O4. The molecule has 162 valence electrons. The number of benzene rings is 3. The number of terminal acetylenes is 1. The number of carbonyl (C=O) groups is 2. The Morgan fingerprint density at radius 2 is 1.66 bits per heavy atom. The monoisotopic (exact) mass is 492 g/mol. The summed E-state index contributed by atoms with van der Waals surface area (Å²) in [7, 11) is 1.24. The van der Waals surface area contributed by atoms with Gasteiger partial charge in [0.1, 0.15) is 5.75 Å². The SMILES string of the molecule is C#CC(=O)N[C@@](C(=O)OC)(c1ccccc1)[C@@H](Nc1ccccc1O)c1ccc(Br)cc1. The lowest BCUT2D eigenvalue weighted by atomic mass is 9.78. The smallest absolute Gasteiger partial charge is 0.338 e. The highest BCUT2D eigenvalue weighted by atomic mass is 79.9. The minimum absolute atomic E-state index is 0.0234. The second-order valence-electron chi connectivity index (χ2n) is 6.91. The number of halogens is 1. The molecule has 0 saturated heterocycles. The summed E-state index contributed by atoms with van der Waals surface area (Å²) in [4.78, 5) is 25.9. The number of amides is 1. The molecule has 1 amide bonds. The van der Waals surface area contributed by atoms with Crippen LogP contribution in [0, 0.1) is 12.3 Å². The first-order chi connectivity index (χ1) is 15.4. The summed E-state index contributed by atoms with van der Waals surface area (Å²) in [5, 5.41) is 16.3. The lowest BCUT2D eigenvalue weighted by Crippen LogP contribution is -2.58. The first-order valence-electron chi connectivity index (χ1n) is 9.65. The number of para-hydroxylation sites is 2. The van der Waals surface area contributed by atoms with Gasteiger partial charge in [0.15, 0.2) is 5.54 Å². The van der Waals surface area contributed by atoms with Crippen LogP contribution in [0.1, 0.15) is 17.2 Å². The first kappa shape index (κ1) is 22.9. The summed E-state index contributed by atoms with van der Waals surface area (Å²) in [6.45, 7) is 0. The van der Waals surface area contributed by atoms with Crippen molar-refractivity contribution < 1.29 is 19.4 Å². The van der Waals surface area contributed by atoms with Gasteiger partial charge in [-0.1, -0.05) is 70.5 Å². The third-order valence-corrected chi connectivity index (χ3v) is 5.55. The summed E-state index contributed by atoms with van der Waals surface area (Å²) >= 11 is 3.41. The molecule has 7 heteroatoms. The zero-order valence-corrected chi connectivity index (χ0v) is 18.8. The van der Waals surface area contributed by atoms with E-state index in [1.54, 1.807) is 60.7 Å². The van der Waals surface area contributed by atoms with Crippen molar-refractivity contribution in [3.63, 3.8) is 0 Å². The van der Waals surface area contributed by atoms with Crippen LogP contribution in [0.4, 0.5) is 5.69 Å². The number of phenols is 1. The van der Waals surface area contributed by atoms with Gasteiger partial charge in [-0.15, -0.1) is 6.42 Å². The Bertz CT molecular complexity index is 1140.